The van der Waals surface area contributed by atoms with E-state index in [9.17, 15) is 4.79 Å². The first kappa shape index (κ1) is 20.0. The van der Waals surface area contributed by atoms with E-state index >= 15 is 0 Å². The molecule has 0 aliphatic heterocycles. The van der Waals surface area contributed by atoms with Crippen LogP contribution in [-0.4, -0.2) is 26.4 Å². The van der Waals surface area contributed by atoms with Gasteiger partial charge in [-0.15, -0.1) is 10.2 Å². The van der Waals surface area contributed by atoms with Crippen LogP contribution in [0.25, 0.3) is 11.6 Å². The number of carbonyl (C=O) groups is 1. The molecule has 0 fully saturated rings. The maximum atomic E-state index is 12.4. The normalized spacial score (nSPS) is 10.8. The Morgan fingerprint density at radius 2 is 2.21 bits per heavy atom. The highest BCUT2D eigenvalue weighted by Gasteiger charge is 2.18. The van der Waals surface area contributed by atoms with Crippen molar-refractivity contribution in [2.45, 2.75) is 25.5 Å². The predicted molar refractivity (Wildman–Crippen MR) is 108 cm³/mol. The molecule has 0 aliphatic rings. The van der Waals surface area contributed by atoms with Crippen LogP contribution in [0.15, 0.2) is 46.2 Å². The minimum atomic E-state index is -0.262. The monoisotopic (exact) mass is 415 g/mol. The number of halogens is 1. The van der Waals surface area contributed by atoms with Crippen molar-refractivity contribution < 1.29 is 9.21 Å². The molecule has 2 heterocycles. The molecule has 0 aliphatic carbocycles. The number of amides is 1. The maximum absolute atomic E-state index is 12.4. The lowest BCUT2D eigenvalue weighted by atomic mass is 10.2. The molecule has 9 heteroatoms. The van der Waals surface area contributed by atoms with Gasteiger partial charge in [-0.3, -0.25) is 9.36 Å². The first-order valence-electron chi connectivity index (χ1n) is 8.57. The van der Waals surface area contributed by atoms with Gasteiger partial charge in [0, 0.05) is 11.6 Å². The number of hydrogen-bond acceptors (Lipinski definition) is 6. The number of aromatic nitrogens is 3. The lowest BCUT2D eigenvalue weighted by molar-refractivity contribution is -0.113. The predicted octanol–water partition coefficient (Wildman–Crippen LogP) is 4.45. The van der Waals surface area contributed by atoms with Crippen LogP contribution in [0.2, 0.25) is 5.02 Å². The van der Waals surface area contributed by atoms with Crippen LogP contribution in [0, 0.1) is 17.2 Å². The second kappa shape index (κ2) is 8.95. The van der Waals surface area contributed by atoms with Crippen LogP contribution in [-0.2, 0) is 11.3 Å². The standard InChI is InChI=1S/C19H18ClN5O2S/c1-12(2)10-25-18(16-4-3-7-27-16)23-24-19(25)28-11-17(26)22-15-8-14(20)6-5-13(15)9-21/h3-8,12H,10-11H2,1-2H3,(H,22,26). The lowest BCUT2D eigenvalue weighted by Gasteiger charge is -2.11. The molecule has 0 atom stereocenters. The minimum Gasteiger partial charge on any atom is -0.461 e. The number of nitriles is 1. The number of carbonyl (C=O) groups excluding carboxylic acids is 1. The number of benzene rings is 1. The Morgan fingerprint density at radius 1 is 1.39 bits per heavy atom. The first-order chi connectivity index (χ1) is 13.5. The highest BCUT2D eigenvalue weighted by atomic mass is 35.5. The molecule has 1 N–H and O–H groups in total. The lowest BCUT2D eigenvalue weighted by Crippen LogP contribution is -2.16. The van der Waals surface area contributed by atoms with Crippen LogP contribution < -0.4 is 5.32 Å². The van der Waals surface area contributed by atoms with E-state index in [1.807, 2.05) is 16.7 Å². The zero-order valence-corrected chi connectivity index (χ0v) is 16.9. The van der Waals surface area contributed by atoms with Gasteiger partial charge in [0.25, 0.3) is 0 Å². The van der Waals surface area contributed by atoms with E-state index in [2.05, 4.69) is 29.4 Å². The number of hydrogen-bond donors (Lipinski definition) is 1. The molecule has 7 nitrogen and oxygen atoms in total. The van der Waals surface area contributed by atoms with E-state index in [1.54, 1.807) is 30.5 Å². The second-order valence-electron chi connectivity index (χ2n) is 6.43. The van der Waals surface area contributed by atoms with E-state index in [0.717, 1.165) is 0 Å². The van der Waals surface area contributed by atoms with Crippen molar-refractivity contribution in [3.63, 3.8) is 0 Å². The second-order valence-corrected chi connectivity index (χ2v) is 7.81. The van der Waals surface area contributed by atoms with E-state index < -0.39 is 0 Å². The van der Waals surface area contributed by atoms with Crippen LogP contribution in [0.3, 0.4) is 0 Å². The molecule has 3 rings (SSSR count). The summed E-state index contributed by atoms with van der Waals surface area (Å²) in [4.78, 5) is 12.4. The Balaban J connectivity index is 1.73. The molecule has 0 bridgehead atoms. The highest BCUT2D eigenvalue weighted by molar-refractivity contribution is 7.99. The van der Waals surface area contributed by atoms with E-state index in [1.165, 1.54) is 11.8 Å². The largest absolute Gasteiger partial charge is 0.461 e. The number of rotatable bonds is 7. The molecule has 28 heavy (non-hydrogen) atoms. The molecule has 144 valence electrons. The summed E-state index contributed by atoms with van der Waals surface area (Å²) in [5, 5.41) is 21.4. The van der Waals surface area contributed by atoms with Crippen molar-refractivity contribution >= 4 is 35.0 Å². The number of nitrogens with zero attached hydrogens (tertiary/aromatic N) is 4. The summed E-state index contributed by atoms with van der Waals surface area (Å²) in [7, 11) is 0. The fourth-order valence-corrected chi connectivity index (χ4v) is 3.47. The molecule has 0 radical (unpaired) electrons. The van der Waals surface area contributed by atoms with Crippen molar-refractivity contribution in [3.05, 3.63) is 47.2 Å². The molecule has 2 aromatic heterocycles. The fraction of sp³-hybridized carbons (Fsp3) is 0.263. The number of thioether (sulfide) groups is 1. The Kier molecular flexibility index (Phi) is 6.39. The molecule has 0 spiro atoms. The van der Waals surface area contributed by atoms with Gasteiger partial charge in [0.05, 0.1) is 23.3 Å². The third kappa shape index (κ3) is 4.74. The average Bonchev–Trinajstić information content (AvgIpc) is 3.29. The summed E-state index contributed by atoms with van der Waals surface area (Å²) in [5.74, 6) is 1.47. The molecule has 0 unspecified atom stereocenters. The van der Waals surface area contributed by atoms with Crippen LogP contribution in [0.4, 0.5) is 5.69 Å². The third-order valence-corrected chi connectivity index (χ3v) is 4.92. The van der Waals surface area contributed by atoms with Gasteiger partial charge in [-0.05, 0) is 36.2 Å². The zero-order chi connectivity index (χ0) is 20.1. The molecule has 0 saturated heterocycles. The van der Waals surface area contributed by atoms with Gasteiger partial charge in [0.15, 0.2) is 16.7 Å². The molecule has 3 aromatic rings. The van der Waals surface area contributed by atoms with E-state index in [0.29, 0.717) is 45.5 Å². The van der Waals surface area contributed by atoms with E-state index in [4.69, 9.17) is 21.3 Å². The van der Waals surface area contributed by atoms with E-state index in [-0.39, 0.29) is 11.7 Å². The summed E-state index contributed by atoms with van der Waals surface area (Å²) in [5.41, 5.74) is 0.742. The SMILES string of the molecule is CC(C)Cn1c(SCC(=O)Nc2cc(Cl)ccc2C#N)nnc1-c1ccco1. The van der Waals surface area contributed by atoms with Crippen molar-refractivity contribution in [1.29, 1.82) is 5.26 Å². The fourth-order valence-electron chi connectivity index (χ4n) is 2.55. The van der Waals surface area contributed by atoms with Crippen molar-refractivity contribution in [1.82, 2.24) is 14.8 Å². The summed E-state index contributed by atoms with van der Waals surface area (Å²) in [6.45, 7) is 4.88. The maximum Gasteiger partial charge on any atom is 0.234 e. The molecule has 1 aromatic carbocycles. The molecular formula is C19H18ClN5O2S. The average molecular weight is 416 g/mol. The van der Waals surface area contributed by atoms with Gasteiger partial charge < -0.3 is 9.73 Å². The Bertz CT molecular complexity index is 1010. The van der Waals surface area contributed by atoms with Gasteiger partial charge in [0.2, 0.25) is 5.91 Å². The molecular weight excluding hydrogens is 398 g/mol. The topological polar surface area (TPSA) is 96.7 Å². The summed E-state index contributed by atoms with van der Waals surface area (Å²) in [6, 6.07) is 10.4. The van der Waals surface area contributed by atoms with Gasteiger partial charge in [-0.25, -0.2) is 0 Å². The third-order valence-electron chi connectivity index (χ3n) is 3.71. The number of furan rings is 1. The van der Waals surface area contributed by atoms with Crippen LogP contribution in [0.1, 0.15) is 19.4 Å². The number of nitrogens with one attached hydrogen (secondary N) is 1. The van der Waals surface area contributed by atoms with Gasteiger partial charge in [-0.2, -0.15) is 5.26 Å². The summed E-state index contributed by atoms with van der Waals surface area (Å²) >= 11 is 7.23. The summed E-state index contributed by atoms with van der Waals surface area (Å²) < 4.78 is 7.39. The van der Waals surface area contributed by atoms with Crippen LogP contribution >= 0.6 is 23.4 Å². The summed E-state index contributed by atoms with van der Waals surface area (Å²) in [6.07, 6.45) is 1.59. The highest BCUT2D eigenvalue weighted by Crippen LogP contribution is 2.26. The Morgan fingerprint density at radius 3 is 2.89 bits per heavy atom. The Labute approximate surface area is 171 Å². The quantitative estimate of drug-likeness (QED) is 0.572. The minimum absolute atomic E-state index is 0.117. The van der Waals surface area contributed by atoms with Crippen molar-refractivity contribution in [3.8, 4) is 17.7 Å². The smallest absolute Gasteiger partial charge is 0.234 e. The van der Waals surface area contributed by atoms with Crippen molar-refractivity contribution in [2.75, 3.05) is 11.1 Å². The Hall–Kier alpha value is -2.76. The molecule has 1 amide bonds. The van der Waals surface area contributed by atoms with Crippen LogP contribution in [0.5, 0.6) is 0 Å². The number of anilines is 1. The van der Waals surface area contributed by atoms with Gasteiger partial charge >= 0.3 is 0 Å². The van der Waals surface area contributed by atoms with Gasteiger partial charge in [-0.1, -0.05) is 37.2 Å². The van der Waals surface area contributed by atoms with Crippen molar-refractivity contribution in [2.24, 2.45) is 5.92 Å². The van der Waals surface area contributed by atoms with Gasteiger partial charge in [0.1, 0.15) is 6.07 Å². The first-order valence-corrected chi connectivity index (χ1v) is 9.93. The zero-order valence-electron chi connectivity index (χ0n) is 15.3. The molecule has 0 saturated carbocycles.